The number of nitrogens with zero attached hydrogens (tertiary/aromatic N) is 2. The molecule has 5 heteroatoms. The van der Waals surface area contributed by atoms with E-state index >= 15 is 0 Å². The number of anilines is 1. The van der Waals surface area contributed by atoms with Crippen LogP contribution < -0.4 is 5.32 Å². The van der Waals surface area contributed by atoms with Crippen LogP contribution in [-0.4, -0.2) is 46.4 Å². The number of nitrogens with one attached hydrogen (secondary N) is 1. The number of rotatable bonds is 2. The van der Waals surface area contributed by atoms with E-state index in [0.717, 1.165) is 24.7 Å². The highest BCUT2D eigenvalue weighted by molar-refractivity contribution is 8.00. The standard InChI is InChI=1S/C13H19N3OS/c1-13(2)9-16(6-7-18-13)12(17)10-4-5-11(14-3)15-8-10/h4-5,8H,6-7,9H2,1-3H3,(H,14,15). The van der Waals surface area contributed by atoms with Gasteiger partial charge in [0.25, 0.3) is 5.91 Å². The van der Waals surface area contributed by atoms with Gasteiger partial charge in [-0.2, -0.15) is 11.8 Å². The molecule has 0 spiro atoms. The Hall–Kier alpha value is -1.23. The Labute approximate surface area is 112 Å². The predicted molar refractivity (Wildman–Crippen MR) is 76.2 cm³/mol. The average molecular weight is 265 g/mol. The molecule has 1 aliphatic rings. The van der Waals surface area contributed by atoms with Gasteiger partial charge >= 0.3 is 0 Å². The molecule has 0 unspecified atom stereocenters. The first-order valence-corrected chi connectivity index (χ1v) is 7.07. The van der Waals surface area contributed by atoms with Crippen molar-refractivity contribution >= 4 is 23.5 Å². The zero-order chi connectivity index (χ0) is 13.2. The van der Waals surface area contributed by atoms with Crippen LogP contribution in [-0.2, 0) is 0 Å². The van der Waals surface area contributed by atoms with E-state index in [-0.39, 0.29) is 10.7 Å². The number of aromatic nitrogens is 1. The first kappa shape index (κ1) is 13.2. The molecular weight excluding hydrogens is 246 g/mol. The highest BCUT2D eigenvalue weighted by atomic mass is 32.2. The maximum Gasteiger partial charge on any atom is 0.255 e. The fraction of sp³-hybridized carbons (Fsp3) is 0.538. The van der Waals surface area contributed by atoms with Gasteiger partial charge in [-0.1, -0.05) is 0 Å². The van der Waals surface area contributed by atoms with Crippen LogP contribution in [0, 0.1) is 0 Å². The van der Waals surface area contributed by atoms with Crippen molar-refractivity contribution in [3.63, 3.8) is 0 Å². The average Bonchev–Trinajstić information content (AvgIpc) is 2.37. The second-order valence-corrected chi connectivity index (χ2v) is 6.82. The van der Waals surface area contributed by atoms with Crippen molar-refractivity contribution in [3.8, 4) is 0 Å². The van der Waals surface area contributed by atoms with Crippen LogP contribution in [0.15, 0.2) is 18.3 Å². The SMILES string of the molecule is CNc1ccc(C(=O)N2CCSC(C)(C)C2)cn1. The predicted octanol–water partition coefficient (Wildman–Crippen LogP) is 2.09. The van der Waals surface area contributed by atoms with Gasteiger partial charge in [0.1, 0.15) is 5.82 Å². The van der Waals surface area contributed by atoms with Crippen molar-refractivity contribution in [2.24, 2.45) is 0 Å². The molecule has 0 saturated carbocycles. The van der Waals surface area contributed by atoms with E-state index in [0.29, 0.717) is 5.56 Å². The van der Waals surface area contributed by atoms with Gasteiger partial charge in [-0.25, -0.2) is 4.98 Å². The Balaban J connectivity index is 2.10. The topological polar surface area (TPSA) is 45.2 Å². The number of carbonyl (C=O) groups is 1. The molecule has 2 rings (SSSR count). The monoisotopic (exact) mass is 265 g/mol. The summed E-state index contributed by atoms with van der Waals surface area (Å²) in [5, 5.41) is 2.95. The zero-order valence-electron chi connectivity index (χ0n) is 11.1. The lowest BCUT2D eigenvalue weighted by atomic mass is 10.1. The lowest BCUT2D eigenvalue weighted by molar-refractivity contribution is 0.0747. The summed E-state index contributed by atoms with van der Waals surface area (Å²) in [6, 6.07) is 3.66. The number of amides is 1. The fourth-order valence-corrected chi connectivity index (χ4v) is 3.15. The molecule has 1 amide bonds. The quantitative estimate of drug-likeness (QED) is 0.889. The number of pyridine rings is 1. The van der Waals surface area contributed by atoms with Gasteiger partial charge in [0.15, 0.2) is 0 Å². The first-order chi connectivity index (χ1) is 8.52. The number of hydrogen-bond donors (Lipinski definition) is 1. The summed E-state index contributed by atoms with van der Waals surface area (Å²) in [4.78, 5) is 18.5. The molecule has 1 aliphatic heterocycles. The smallest absolute Gasteiger partial charge is 0.255 e. The Bertz CT molecular complexity index is 430. The first-order valence-electron chi connectivity index (χ1n) is 6.09. The van der Waals surface area contributed by atoms with Crippen molar-refractivity contribution in [1.82, 2.24) is 9.88 Å². The van der Waals surface area contributed by atoms with Gasteiger partial charge in [0.05, 0.1) is 5.56 Å². The summed E-state index contributed by atoms with van der Waals surface area (Å²) in [6.45, 7) is 5.98. The van der Waals surface area contributed by atoms with Gasteiger partial charge in [0, 0.05) is 36.8 Å². The van der Waals surface area contributed by atoms with E-state index in [2.05, 4.69) is 24.1 Å². The maximum absolute atomic E-state index is 12.3. The molecule has 1 N–H and O–H groups in total. The molecule has 0 atom stereocenters. The molecular formula is C13H19N3OS. The Kier molecular flexibility index (Phi) is 3.80. The zero-order valence-corrected chi connectivity index (χ0v) is 11.9. The van der Waals surface area contributed by atoms with Crippen LogP contribution in [0.1, 0.15) is 24.2 Å². The van der Waals surface area contributed by atoms with Crippen molar-refractivity contribution in [2.75, 3.05) is 31.2 Å². The molecule has 0 bridgehead atoms. The van der Waals surface area contributed by atoms with Gasteiger partial charge in [-0.15, -0.1) is 0 Å². The molecule has 2 heterocycles. The highest BCUT2D eigenvalue weighted by Gasteiger charge is 2.30. The summed E-state index contributed by atoms with van der Waals surface area (Å²) in [7, 11) is 1.81. The summed E-state index contributed by atoms with van der Waals surface area (Å²) in [5.74, 6) is 1.86. The van der Waals surface area contributed by atoms with Crippen molar-refractivity contribution in [2.45, 2.75) is 18.6 Å². The minimum absolute atomic E-state index is 0.0820. The summed E-state index contributed by atoms with van der Waals surface area (Å²) < 4.78 is 0.145. The molecule has 1 aromatic rings. The van der Waals surface area contributed by atoms with Crippen LogP contribution in [0.5, 0.6) is 0 Å². The molecule has 98 valence electrons. The fourth-order valence-electron chi connectivity index (χ4n) is 2.04. The van der Waals surface area contributed by atoms with E-state index in [4.69, 9.17) is 0 Å². The number of carbonyl (C=O) groups excluding carboxylic acids is 1. The molecule has 1 aromatic heterocycles. The van der Waals surface area contributed by atoms with E-state index in [1.54, 1.807) is 6.20 Å². The van der Waals surface area contributed by atoms with E-state index < -0.39 is 0 Å². The van der Waals surface area contributed by atoms with E-state index in [1.165, 1.54) is 0 Å². The molecule has 4 nitrogen and oxygen atoms in total. The molecule has 18 heavy (non-hydrogen) atoms. The molecule has 0 radical (unpaired) electrons. The lowest BCUT2D eigenvalue weighted by Crippen LogP contribution is -2.46. The van der Waals surface area contributed by atoms with Crippen LogP contribution in [0.4, 0.5) is 5.82 Å². The highest BCUT2D eigenvalue weighted by Crippen LogP contribution is 2.30. The summed E-state index contributed by atoms with van der Waals surface area (Å²) in [6.07, 6.45) is 1.64. The van der Waals surface area contributed by atoms with Crippen LogP contribution >= 0.6 is 11.8 Å². The lowest BCUT2D eigenvalue weighted by Gasteiger charge is -2.37. The second kappa shape index (κ2) is 5.18. The van der Waals surface area contributed by atoms with Gasteiger partial charge < -0.3 is 10.2 Å². The van der Waals surface area contributed by atoms with Crippen molar-refractivity contribution in [1.29, 1.82) is 0 Å². The maximum atomic E-state index is 12.3. The Morgan fingerprint density at radius 1 is 1.50 bits per heavy atom. The minimum atomic E-state index is 0.0820. The largest absolute Gasteiger partial charge is 0.373 e. The Morgan fingerprint density at radius 2 is 2.28 bits per heavy atom. The van der Waals surface area contributed by atoms with Crippen molar-refractivity contribution < 1.29 is 4.79 Å². The van der Waals surface area contributed by atoms with Gasteiger partial charge in [-0.05, 0) is 26.0 Å². The van der Waals surface area contributed by atoms with Gasteiger partial charge in [0.2, 0.25) is 0 Å². The molecule has 1 saturated heterocycles. The van der Waals surface area contributed by atoms with Gasteiger partial charge in [-0.3, -0.25) is 4.79 Å². The molecule has 0 aromatic carbocycles. The molecule has 0 aliphatic carbocycles. The minimum Gasteiger partial charge on any atom is -0.373 e. The van der Waals surface area contributed by atoms with Crippen LogP contribution in [0.2, 0.25) is 0 Å². The Morgan fingerprint density at radius 3 is 2.83 bits per heavy atom. The van der Waals surface area contributed by atoms with Crippen molar-refractivity contribution in [3.05, 3.63) is 23.9 Å². The third-order valence-electron chi connectivity index (χ3n) is 2.98. The third-order valence-corrected chi connectivity index (χ3v) is 4.28. The summed E-state index contributed by atoms with van der Waals surface area (Å²) in [5.41, 5.74) is 0.664. The normalized spacial score (nSPS) is 18.5. The molecule has 1 fully saturated rings. The van der Waals surface area contributed by atoms with Crippen LogP contribution in [0.3, 0.4) is 0 Å². The van der Waals surface area contributed by atoms with E-state index in [9.17, 15) is 4.79 Å². The van der Waals surface area contributed by atoms with Crippen LogP contribution in [0.25, 0.3) is 0 Å². The summed E-state index contributed by atoms with van der Waals surface area (Å²) >= 11 is 1.92. The second-order valence-electron chi connectivity index (χ2n) is 5.02. The third kappa shape index (κ3) is 2.96. The number of thioether (sulfide) groups is 1. The number of hydrogen-bond acceptors (Lipinski definition) is 4. The van der Waals surface area contributed by atoms with E-state index in [1.807, 2.05) is 35.8 Å².